The molecule has 2 amide bonds. The van der Waals surface area contributed by atoms with Crippen LogP contribution < -0.4 is 5.32 Å². The number of aromatic amines is 1. The molecule has 1 aliphatic carbocycles. The largest absolute Gasteiger partial charge is 0.335 e. The number of carbonyl (C=O) groups excluding carboxylic acids is 1. The molecule has 2 aromatic rings. The lowest BCUT2D eigenvalue weighted by Gasteiger charge is -2.37. The number of likely N-dealkylation sites (tertiary alicyclic amines) is 1. The first-order valence-electron chi connectivity index (χ1n) is 9.74. The first kappa shape index (κ1) is 17.1. The number of piperidine rings is 1. The second-order valence-corrected chi connectivity index (χ2v) is 7.78. The van der Waals surface area contributed by atoms with E-state index in [0.29, 0.717) is 6.04 Å². The Bertz CT molecular complexity index is 750. The van der Waals surface area contributed by atoms with Gasteiger partial charge in [-0.3, -0.25) is 9.78 Å². The van der Waals surface area contributed by atoms with Crippen LogP contribution in [0.1, 0.15) is 68.4 Å². The molecule has 3 heterocycles. The summed E-state index contributed by atoms with van der Waals surface area (Å²) in [6.07, 6.45) is 11.8. The second-order valence-electron chi connectivity index (χ2n) is 7.78. The Kier molecular flexibility index (Phi) is 4.70. The van der Waals surface area contributed by atoms with Gasteiger partial charge in [-0.1, -0.05) is 0 Å². The number of carbonyl (C=O) groups is 1. The van der Waals surface area contributed by atoms with Crippen LogP contribution in [0.5, 0.6) is 0 Å². The lowest BCUT2D eigenvalue weighted by molar-refractivity contribution is 0.147. The van der Waals surface area contributed by atoms with Crippen LogP contribution in [0.2, 0.25) is 0 Å². The minimum Gasteiger partial charge on any atom is -0.335 e. The maximum atomic E-state index is 13.0. The summed E-state index contributed by atoms with van der Waals surface area (Å²) in [7, 11) is 0. The van der Waals surface area contributed by atoms with Gasteiger partial charge in [0, 0.05) is 42.5 Å². The summed E-state index contributed by atoms with van der Waals surface area (Å²) in [6, 6.07) is 0.708. The maximum Gasteiger partial charge on any atom is 0.318 e. The fourth-order valence-corrected chi connectivity index (χ4v) is 4.31. The highest BCUT2D eigenvalue weighted by atomic mass is 16.2. The van der Waals surface area contributed by atoms with Gasteiger partial charge in [-0.05, 0) is 51.5 Å². The monoisotopic (exact) mass is 356 g/mol. The molecule has 2 atom stereocenters. The Hall–Kier alpha value is -2.31. The summed E-state index contributed by atoms with van der Waals surface area (Å²) < 4.78 is 2.10. The number of aromatic nitrogens is 4. The van der Waals surface area contributed by atoms with Crippen molar-refractivity contribution < 1.29 is 4.79 Å². The third kappa shape index (κ3) is 3.22. The van der Waals surface area contributed by atoms with Crippen molar-refractivity contribution in [1.29, 1.82) is 0 Å². The topological polar surface area (TPSA) is 78.8 Å². The summed E-state index contributed by atoms with van der Waals surface area (Å²) in [6.45, 7) is 5.11. The van der Waals surface area contributed by atoms with Crippen LogP contribution in [0.4, 0.5) is 4.79 Å². The van der Waals surface area contributed by atoms with Crippen LogP contribution in [0.3, 0.4) is 0 Å². The molecule has 0 radical (unpaired) electrons. The molecule has 7 heteroatoms. The Balaban J connectivity index is 1.45. The van der Waals surface area contributed by atoms with E-state index in [-0.39, 0.29) is 18.1 Å². The second kappa shape index (κ2) is 7.13. The van der Waals surface area contributed by atoms with E-state index < -0.39 is 0 Å². The van der Waals surface area contributed by atoms with Crippen LogP contribution in [0.25, 0.3) is 0 Å². The molecule has 0 saturated carbocycles. The summed E-state index contributed by atoms with van der Waals surface area (Å²) >= 11 is 0. The molecule has 0 aromatic carbocycles. The quantitative estimate of drug-likeness (QED) is 0.887. The zero-order valence-electron chi connectivity index (χ0n) is 15.6. The van der Waals surface area contributed by atoms with Gasteiger partial charge in [-0.15, -0.1) is 0 Å². The molecule has 2 aliphatic rings. The zero-order chi connectivity index (χ0) is 18.1. The Morgan fingerprint density at radius 2 is 2.19 bits per heavy atom. The van der Waals surface area contributed by atoms with E-state index in [1.54, 1.807) is 0 Å². The Morgan fingerprint density at radius 3 is 2.96 bits per heavy atom. The summed E-state index contributed by atoms with van der Waals surface area (Å²) in [5.41, 5.74) is 3.71. The molecule has 2 aromatic heterocycles. The number of urea groups is 1. The first-order valence-corrected chi connectivity index (χ1v) is 9.74. The standard InChI is InChI=1S/C19H28N6O/c1-13(2)25-18-9-16(7-6-14(18)12-22-25)23-19(26)24-8-4-3-5-17(24)15-10-20-21-11-15/h10-13,16-17H,3-9H2,1-2H3,(H,20,21)(H,23,26). The van der Waals surface area contributed by atoms with Crippen LogP contribution in [0, 0.1) is 0 Å². The molecule has 4 rings (SSSR count). The van der Waals surface area contributed by atoms with Gasteiger partial charge in [0.05, 0.1) is 18.4 Å². The molecule has 140 valence electrons. The minimum atomic E-state index is 0.0555. The molecule has 1 fully saturated rings. The summed E-state index contributed by atoms with van der Waals surface area (Å²) in [5, 5.41) is 14.8. The molecule has 0 spiro atoms. The van der Waals surface area contributed by atoms with Crippen LogP contribution >= 0.6 is 0 Å². The lowest BCUT2D eigenvalue weighted by Crippen LogP contribution is -2.49. The SMILES string of the molecule is CC(C)n1ncc2c1CC(NC(=O)N1CCCCC1c1cn[nH]c1)CC2. The minimum absolute atomic E-state index is 0.0555. The van der Waals surface area contributed by atoms with Crippen LogP contribution in [-0.2, 0) is 12.8 Å². The number of rotatable bonds is 3. The number of amides is 2. The predicted molar refractivity (Wildman–Crippen MR) is 98.8 cm³/mol. The number of nitrogens with zero attached hydrogens (tertiary/aromatic N) is 4. The van der Waals surface area contributed by atoms with E-state index >= 15 is 0 Å². The number of fused-ring (bicyclic) bond motifs is 1. The molecule has 0 bridgehead atoms. The van der Waals surface area contributed by atoms with E-state index in [1.165, 1.54) is 11.3 Å². The molecule has 1 saturated heterocycles. The molecular formula is C19H28N6O. The number of H-pyrrole nitrogens is 1. The Labute approximate surface area is 154 Å². The molecule has 26 heavy (non-hydrogen) atoms. The normalized spacial score (nSPS) is 23.1. The van der Waals surface area contributed by atoms with Crippen molar-refractivity contribution in [3.8, 4) is 0 Å². The number of hydrogen-bond acceptors (Lipinski definition) is 3. The first-order chi connectivity index (χ1) is 12.6. The smallest absolute Gasteiger partial charge is 0.318 e. The van der Waals surface area contributed by atoms with E-state index in [9.17, 15) is 4.79 Å². The van der Waals surface area contributed by atoms with E-state index in [4.69, 9.17) is 0 Å². The van der Waals surface area contributed by atoms with Crippen molar-refractivity contribution in [2.75, 3.05) is 6.54 Å². The molecule has 7 nitrogen and oxygen atoms in total. The third-order valence-corrected chi connectivity index (χ3v) is 5.67. The van der Waals surface area contributed by atoms with Gasteiger partial charge >= 0.3 is 6.03 Å². The van der Waals surface area contributed by atoms with Crippen molar-refractivity contribution in [1.82, 2.24) is 30.2 Å². The van der Waals surface area contributed by atoms with Crippen molar-refractivity contribution in [2.45, 2.75) is 70.5 Å². The Morgan fingerprint density at radius 1 is 1.31 bits per heavy atom. The van der Waals surface area contributed by atoms with Crippen molar-refractivity contribution >= 4 is 6.03 Å². The predicted octanol–water partition coefficient (Wildman–Crippen LogP) is 2.98. The fourth-order valence-electron chi connectivity index (χ4n) is 4.31. The maximum absolute atomic E-state index is 13.0. The van der Waals surface area contributed by atoms with Gasteiger partial charge in [0.25, 0.3) is 0 Å². The number of nitrogens with one attached hydrogen (secondary N) is 2. The molecule has 2 unspecified atom stereocenters. The summed E-state index contributed by atoms with van der Waals surface area (Å²) in [5.74, 6) is 0. The van der Waals surface area contributed by atoms with Crippen LogP contribution in [0.15, 0.2) is 18.6 Å². The van der Waals surface area contributed by atoms with Gasteiger partial charge in [0.1, 0.15) is 0 Å². The molecule has 2 N–H and O–H groups in total. The van der Waals surface area contributed by atoms with Crippen molar-refractivity contribution in [2.24, 2.45) is 0 Å². The van der Waals surface area contributed by atoms with E-state index in [2.05, 4.69) is 39.1 Å². The van der Waals surface area contributed by atoms with E-state index in [1.807, 2.05) is 23.5 Å². The summed E-state index contributed by atoms with van der Waals surface area (Å²) in [4.78, 5) is 15.0. The highest BCUT2D eigenvalue weighted by molar-refractivity contribution is 5.75. The van der Waals surface area contributed by atoms with Gasteiger partial charge in [-0.2, -0.15) is 10.2 Å². The van der Waals surface area contributed by atoms with Gasteiger partial charge in [0.2, 0.25) is 0 Å². The highest BCUT2D eigenvalue weighted by Crippen LogP contribution is 2.31. The average molecular weight is 356 g/mol. The van der Waals surface area contributed by atoms with Gasteiger partial charge in [-0.25, -0.2) is 4.79 Å². The molecular weight excluding hydrogens is 328 g/mol. The van der Waals surface area contributed by atoms with E-state index in [0.717, 1.165) is 50.6 Å². The highest BCUT2D eigenvalue weighted by Gasteiger charge is 2.31. The van der Waals surface area contributed by atoms with Gasteiger partial charge in [0.15, 0.2) is 0 Å². The molecule has 1 aliphatic heterocycles. The number of hydrogen-bond donors (Lipinski definition) is 2. The fraction of sp³-hybridized carbons (Fsp3) is 0.632. The van der Waals surface area contributed by atoms with Crippen molar-refractivity contribution in [3.05, 3.63) is 35.4 Å². The lowest BCUT2D eigenvalue weighted by atomic mass is 9.93. The average Bonchev–Trinajstić information content (AvgIpc) is 3.31. The zero-order valence-corrected chi connectivity index (χ0v) is 15.6. The number of aryl methyl sites for hydroxylation is 1. The van der Waals surface area contributed by atoms with Crippen molar-refractivity contribution in [3.63, 3.8) is 0 Å². The van der Waals surface area contributed by atoms with Crippen LogP contribution in [-0.4, -0.2) is 43.5 Å². The third-order valence-electron chi connectivity index (χ3n) is 5.67. The van der Waals surface area contributed by atoms with Gasteiger partial charge < -0.3 is 10.2 Å².